The summed E-state index contributed by atoms with van der Waals surface area (Å²) >= 11 is 7.05. The van der Waals surface area contributed by atoms with E-state index in [9.17, 15) is 14.3 Å². The number of hydrogen-bond acceptors (Lipinski definition) is 4. The van der Waals surface area contributed by atoms with Crippen LogP contribution in [0.1, 0.15) is 51.9 Å². The first-order valence-corrected chi connectivity index (χ1v) is 15.8. The number of ether oxygens (including phenoxy) is 2. The zero-order valence-electron chi connectivity index (χ0n) is 25.6. The van der Waals surface area contributed by atoms with E-state index in [2.05, 4.69) is 6.92 Å². The number of carbonyl (C=O) groups is 1. The third-order valence-corrected chi connectivity index (χ3v) is 9.19. The van der Waals surface area contributed by atoms with E-state index >= 15 is 0 Å². The van der Waals surface area contributed by atoms with Crippen LogP contribution in [0.25, 0.3) is 32.8 Å². The maximum atomic E-state index is 13.8. The van der Waals surface area contributed by atoms with Gasteiger partial charge >= 0.3 is 5.97 Å². The van der Waals surface area contributed by atoms with Crippen LogP contribution in [-0.4, -0.2) is 32.0 Å². The van der Waals surface area contributed by atoms with Crippen molar-refractivity contribution >= 4 is 39.2 Å². The molecule has 4 aromatic carbocycles. The van der Waals surface area contributed by atoms with Crippen molar-refractivity contribution in [1.82, 2.24) is 14.3 Å². The Morgan fingerprint density at radius 3 is 2.63 bits per heavy atom. The van der Waals surface area contributed by atoms with Gasteiger partial charge in [0.25, 0.3) is 0 Å². The Morgan fingerprint density at radius 1 is 1.02 bits per heavy atom. The number of carboxylic acids is 1. The minimum atomic E-state index is -1.00. The second kappa shape index (κ2) is 12.3. The molecule has 2 aromatic heterocycles. The zero-order chi connectivity index (χ0) is 31.9. The van der Waals surface area contributed by atoms with Crippen LogP contribution in [0.15, 0.2) is 72.8 Å². The summed E-state index contributed by atoms with van der Waals surface area (Å²) in [5.74, 6) is -0.639. The van der Waals surface area contributed by atoms with Gasteiger partial charge in [-0.1, -0.05) is 61.0 Å². The molecule has 0 saturated heterocycles. The number of carboxylic acid groups (broad SMARTS) is 1. The van der Waals surface area contributed by atoms with Crippen LogP contribution < -0.4 is 4.74 Å². The van der Waals surface area contributed by atoms with Crippen LogP contribution in [0.5, 0.6) is 5.75 Å². The second-order valence-corrected chi connectivity index (χ2v) is 12.0. The van der Waals surface area contributed by atoms with Crippen molar-refractivity contribution in [3.05, 3.63) is 117 Å². The van der Waals surface area contributed by atoms with Gasteiger partial charge in [-0.05, 0) is 71.7 Å². The third kappa shape index (κ3) is 5.21. The van der Waals surface area contributed by atoms with Crippen LogP contribution >= 0.6 is 11.6 Å². The molecule has 6 aromatic rings. The molecule has 9 heteroatoms. The summed E-state index contributed by atoms with van der Waals surface area (Å²) in [7, 11) is 1.91. The molecule has 0 radical (unpaired) electrons. The summed E-state index contributed by atoms with van der Waals surface area (Å²) in [6, 6.07) is 22.0. The first-order valence-electron chi connectivity index (χ1n) is 15.4. The van der Waals surface area contributed by atoms with Gasteiger partial charge in [0, 0.05) is 35.5 Å². The van der Waals surface area contributed by atoms with E-state index in [-0.39, 0.29) is 11.5 Å². The summed E-state index contributed by atoms with van der Waals surface area (Å²) in [6.45, 7) is 3.46. The maximum absolute atomic E-state index is 13.8. The zero-order valence-corrected chi connectivity index (χ0v) is 26.4. The van der Waals surface area contributed by atoms with E-state index in [0.717, 1.165) is 60.9 Å². The van der Waals surface area contributed by atoms with Crippen molar-refractivity contribution < 1.29 is 23.8 Å². The second-order valence-electron chi connectivity index (χ2n) is 11.6. The number of aryl methyl sites for hydroxylation is 3. The molecular weight excluding hydrogens is 605 g/mol. The Balaban J connectivity index is 1.36. The molecule has 0 aliphatic carbocycles. The highest BCUT2D eigenvalue weighted by molar-refractivity contribution is 6.35. The predicted octanol–water partition coefficient (Wildman–Crippen LogP) is 8.34. The molecule has 1 aliphatic rings. The predicted molar refractivity (Wildman–Crippen MR) is 177 cm³/mol. The van der Waals surface area contributed by atoms with Crippen LogP contribution in [0, 0.1) is 5.82 Å². The van der Waals surface area contributed by atoms with Gasteiger partial charge in [0.1, 0.15) is 17.3 Å². The fourth-order valence-corrected chi connectivity index (χ4v) is 7.02. The van der Waals surface area contributed by atoms with Crippen molar-refractivity contribution in [1.29, 1.82) is 0 Å². The molecule has 3 heterocycles. The molecule has 234 valence electrons. The highest BCUT2D eigenvalue weighted by Gasteiger charge is 2.29. The largest absolute Gasteiger partial charge is 0.493 e. The topological polar surface area (TPSA) is 78.5 Å². The Hall–Kier alpha value is -4.66. The number of aromatic nitrogens is 3. The SMILES string of the molecule is CCc1nn(C)c2c1-c1c(Cl)ccc3c(CCCOc4cccc5cc(F)ccc45)c(C(=O)O)n(c13)Cc1ccccc1COC2. The lowest BCUT2D eigenvalue weighted by Gasteiger charge is -2.15. The van der Waals surface area contributed by atoms with Gasteiger partial charge in [0.15, 0.2) is 0 Å². The number of nitrogens with zero attached hydrogens (tertiary/aromatic N) is 3. The average Bonchev–Trinajstić information content (AvgIpc) is 3.52. The minimum Gasteiger partial charge on any atom is -0.493 e. The van der Waals surface area contributed by atoms with Gasteiger partial charge in [-0.15, -0.1) is 0 Å². The smallest absolute Gasteiger partial charge is 0.352 e. The van der Waals surface area contributed by atoms with Gasteiger partial charge in [-0.2, -0.15) is 5.10 Å². The standard InChI is InChI=1S/C37H33ClFN3O4/c1-3-30-34-31(41(2)40-30)21-45-20-24-9-5-4-8-23(24)19-42-35-28(15-16-29(38)33(34)35)27(36(42)37(43)44)11-7-17-46-32-12-6-10-22-18-25(39)13-14-26(22)32/h4-6,8-10,12-16,18H,3,7,11,17,19-21H2,1-2H3,(H,43,44). The van der Waals surface area contributed by atoms with Gasteiger partial charge in [-0.3, -0.25) is 4.68 Å². The van der Waals surface area contributed by atoms with Crippen molar-refractivity contribution in [3.8, 4) is 16.9 Å². The highest BCUT2D eigenvalue weighted by atomic mass is 35.5. The van der Waals surface area contributed by atoms with E-state index in [1.807, 2.05) is 70.9 Å². The lowest BCUT2D eigenvalue weighted by molar-refractivity contribution is 0.0684. The van der Waals surface area contributed by atoms with Gasteiger partial charge in [0.05, 0.1) is 41.7 Å². The normalized spacial score (nSPS) is 13.0. The lowest BCUT2D eigenvalue weighted by Crippen LogP contribution is -2.13. The maximum Gasteiger partial charge on any atom is 0.352 e. The fourth-order valence-electron chi connectivity index (χ4n) is 6.77. The molecular formula is C37H33ClFN3O4. The molecule has 0 fully saturated rings. The van der Waals surface area contributed by atoms with E-state index in [0.29, 0.717) is 56.4 Å². The molecule has 0 atom stereocenters. The lowest BCUT2D eigenvalue weighted by atomic mass is 9.97. The molecule has 1 N–H and O–H groups in total. The van der Waals surface area contributed by atoms with Gasteiger partial charge in [0.2, 0.25) is 0 Å². The molecule has 46 heavy (non-hydrogen) atoms. The van der Waals surface area contributed by atoms with Crippen LogP contribution in [0.2, 0.25) is 5.02 Å². The third-order valence-electron chi connectivity index (χ3n) is 8.88. The quantitative estimate of drug-likeness (QED) is 0.178. The minimum absolute atomic E-state index is 0.234. The molecule has 0 unspecified atom stereocenters. The number of rotatable bonds is 7. The van der Waals surface area contributed by atoms with Crippen LogP contribution in [0.3, 0.4) is 0 Å². The number of aromatic carboxylic acids is 1. The molecule has 0 amide bonds. The first kappa shape index (κ1) is 30.0. The molecule has 0 spiro atoms. The molecule has 0 bridgehead atoms. The molecule has 7 rings (SSSR count). The fraction of sp³-hybridized carbons (Fsp3) is 0.243. The van der Waals surface area contributed by atoms with Crippen LogP contribution in [-0.2, 0) is 44.4 Å². The van der Waals surface area contributed by atoms with Crippen molar-refractivity contribution in [2.24, 2.45) is 7.05 Å². The summed E-state index contributed by atoms with van der Waals surface area (Å²) in [5.41, 5.74) is 7.15. The Bertz CT molecular complexity index is 2130. The number of halogens is 2. The molecule has 1 aliphatic heterocycles. The van der Waals surface area contributed by atoms with Gasteiger partial charge in [-0.25, -0.2) is 9.18 Å². The Morgan fingerprint density at radius 2 is 1.83 bits per heavy atom. The van der Waals surface area contributed by atoms with Crippen molar-refractivity contribution in [2.45, 2.75) is 45.9 Å². The monoisotopic (exact) mass is 637 g/mol. The average molecular weight is 638 g/mol. The van der Waals surface area contributed by atoms with Gasteiger partial charge < -0.3 is 19.1 Å². The van der Waals surface area contributed by atoms with E-state index in [4.69, 9.17) is 26.2 Å². The summed E-state index contributed by atoms with van der Waals surface area (Å²) in [5, 5.41) is 18.6. The number of hydrogen-bond donors (Lipinski definition) is 1. The van der Waals surface area contributed by atoms with E-state index in [1.165, 1.54) is 12.1 Å². The summed E-state index contributed by atoms with van der Waals surface area (Å²) in [6.07, 6.45) is 1.71. The van der Waals surface area contributed by atoms with E-state index in [1.54, 1.807) is 6.07 Å². The first-order chi connectivity index (χ1) is 22.4. The Kier molecular flexibility index (Phi) is 8.01. The molecule has 7 nitrogen and oxygen atoms in total. The summed E-state index contributed by atoms with van der Waals surface area (Å²) in [4.78, 5) is 13.2. The summed E-state index contributed by atoms with van der Waals surface area (Å²) < 4.78 is 30.0. The highest BCUT2D eigenvalue weighted by Crippen LogP contribution is 2.43. The number of benzene rings is 4. The van der Waals surface area contributed by atoms with E-state index < -0.39 is 5.97 Å². The van der Waals surface area contributed by atoms with Crippen LogP contribution in [0.4, 0.5) is 4.39 Å². The Labute approximate surface area is 270 Å². The molecule has 0 saturated carbocycles. The number of fused-ring (bicyclic) bond motifs is 4. The van der Waals surface area contributed by atoms with Crippen molar-refractivity contribution in [2.75, 3.05) is 6.61 Å². The van der Waals surface area contributed by atoms with Crippen molar-refractivity contribution in [3.63, 3.8) is 0 Å².